The topological polar surface area (TPSA) is 17.8 Å². The largest absolute Gasteiger partial charge is 0.295 e. The molecule has 0 N–H and O–H groups in total. The van der Waals surface area contributed by atoms with Gasteiger partial charge in [-0.05, 0) is 56.5 Å². The number of para-hydroxylation sites is 1. The van der Waals surface area contributed by atoms with Gasteiger partial charge in [-0.1, -0.05) is 24.3 Å². The molecule has 0 aliphatic rings. The summed E-state index contributed by atoms with van der Waals surface area (Å²) in [7, 11) is 0. The van der Waals surface area contributed by atoms with Gasteiger partial charge in [-0.3, -0.25) is 4.57 Å². The third-order valence-electron chi connectivity index (χ3n) is 3.87. The van der Waals surface area contributed by atoms with E-state index in [1.165, 1.54) is 16.7 Å². The lowest BCUT2D eigenvalue weighted by Crippen LogP contribution is -2.04. The molecule has 0 fully saturated rings. The first-order valence-corrected chi connectivity index (χ1v) is 7.62. The van der Waals surface area contributed by atoms with E-state index in [1.54, 1.807) is 0 Å². The average Bonchev–Trinajstić information content (AvgIpc) is 2.82. The van der Waals surface area contributed by atoms with Gasteiger partial charge in [0.2, 0.25) is 0 Å². The van der Waals surface area contributed by atoms with Gasteiger partial charge in [0.25, 0.3) is 0 Å². The number of alkyl halides is 1. The highest BCUT2D eigenvalue weighted by atomic mass is 35.5. The lowest BCUT2D eigenvalue weighted by Gasteiger charge is -2.14. The number of aromatic nitrogens is 2. The van der Waals surface area contributed by atoms with E-state index in [0.29, 0.717) is 0 Å². The molecular formula is C18H19ClN2. The number of hydrogen-bond donors (Lipinski definition) is 0. The van der Waals surface area contributed by atoms with Crippen LogP contribution in [-0.2, 0) is 0 Å². The van der Waals surface area contributed by atoms with Crippen LogP contribution in [0.1, 0.15) is 34.8 Å². The SMILES string of the molecule is Cc1ccc(C)c(-n2c(C(C)Cl)nc3c(C)cccc32)c1. The van der Waals surface area contributed by atoms with Crippen LogP contribution in [0.3, 0.4) is 0 Å². The van der Waals surface area contributed by atoms with Crippen LogP contribution < -0.4 is 0 Å². The maximum absolute atomic E-state index is 6.39. The molecule has 3 heteroatoms. The molecule has 0 aliphatic heterocycles. The van der Waals surface area contributed by atoms with Crippen molar-refractivity contribution in [3.8, 4) is 5.69 Å². The minimum absolute atomic E-state index is 0.142. The molecule has 1 atom stereocenters. The third kappa shape index (κ3) is 2.34. The third-order valence-corrected chi connectivity index (χ3v) is 4.07. The predicted molar refractivity (Wildman–Crippen MR) is 89.5 cm³/mol. The highest BCUT2D eigenvalue weighted by Crippen LogP contribution is 2.31. The van der Waals surface area contributed by atoms with Crippen LogP contribution in [-0.4, -0.2) is 9.55 Å². The van der Waals surface area contributed by atoms with Crippen molar-refractivity contribution in [3.05, 3.63) is 58.9 Å². The fourth-order valence-electron chi connectivity index (χ4n) is 2.74. The molecule has 108 valence electrons. The van der Waals surface area contributed by atoms with Crippen LogP contribution in [0.25, 0.3) is 16.7 Å². The summed E-state index contributed by atoms with van der Waals surface area (Å²) in [6, 6.07) is 12.7. The number of benzene rings is 2. The summed E-state index contributed by atoms with van der Waals surface area (Å²) in [5, 5.41) is -0.142. The molecule has 2 aromatic carbocycles. The molecule has 3 rings (SSSR count). The van der Waals surface area contributed by atoms with Crippen LogP contribution in [0.15, 0.2) is 36.4 Å². The molecule has 0 saturated carbocycles. The van der Waals surface area contributed by atoms with Gasteiger partial charge < -0.3 is 0 Å². The van der Waals surface area contributed by atoms with Gasteiger partial charge in [-0.25, -0.2) is 4.98 Å². The van der Waals surface area contributed by atoms with Gasteiger partial charge in [0, 0.05) is 0 Å². The second-order valence-corrected chi connectivity index (χ2v) is 6.31. The highest BCUT2D eigenvalue weighted by molar-refractivity contribution is 6.20. The first kappa shape index (κ1) is 14.2. The fraction of sp³-hybridized carbons (Fsp3) is 0.278. The fourth-order valence-corrected chi connectivity index (χ4v) is 2.88. The molecule has 1 aromatic heterocycles. The van der Waals surface area contributed by atoms with Crippen molar-refractivity contribution < 1.29 is 0 Å². The number of fused-ring (bicyclic) bond motifs is 1. The second kappa shape index (κ2) is 5.19. The van der Waals surface area contributed by atoms with E-state index in [4.69, 9.17) is 16.6 Å². The summed E-state index contributed by atoms with van der Waals surface area (Å²) in [6.45, 7) is 8.29. The molecule has 0 amide bonds. The van der Waals surface area contributed by atoms with Crippen molar-refractivity contribution in [2.45, 2.75) is 33.1 Å². The van der Waals surface area contributed by atoms with E-state index in [0.717, 1.165) is 22.5 Å². The first-order chi connectivity index (χ1) is 9.99. The van der Waals surface area contributed by atoms with Crippen LogP contribution in [0.5, 0.6) is 0 Å². The van der Waals surface area contributed by atoms with Crippen molar-refractivity contribution in [1.82, 2.24) is 9.55 Å². The first-order valence-electron chi connectivity index (χ1n) is 7.18. The van der Waals surface area contributed by atoms with Crippen LogP contribution in [0.4, 0.5) is 0 Å². The van der Waals surface area contributed by atoms with E-state index in [2.05, 4.69) is 61.7 Å². The molecule has 3 aromatic rings. The lowest BCUT2D eigenvalue weighted by molar-refractivity contribution is 0.877. The van der Waals surface area contributed by atoms with Gasteiger partial charge >= 0.3 is 0 Å². The Morgan fingerprint density at radius 2 is 1.81 bits per heavy atom. The molecule has 0 bridgehead atoms. The molecule has 0 spiro atoms. The summed E-state index contributed by atoms with van der Waals surface area (Å²) in [4.78, 5) is 4.79. The zero-order valence-electron chi connectivity index (χ0n) is 12.8. The van der Waals surface area contributed by atoms with Gasteiger partial charge in [0.15, 0.2) is 0 Å². The van der Waals surface area contributed by atoms with Gasteiger partial charge in [-0.15, -0.1) is 11.6 Å². The zero-order chi connectivity index (χ0) is 15.1. The van der Waals surface area contributed by atoms with E-state index < -0.39 is 0 Å². The van der Waals surface area contributed by atoms with Gasteiger partial charge in [0.1, 0.15) is 5.82 Å². The van der Waals surface area contributed by atoms with E-state index in [1.807, 2.05) is 6.92 Å². The average molecular weight is 299 g/mol. The van der Waals surface area contributed by atoms with Crippen molar-refractivity contribution in [1.29, 1.82) is 0 Å². The van der Waals surface area contributed by atoms with Crippen LogP contribution in [0, 0.1) is 20.8 Å². The maximum Gasteiger partial charge on any atom is 0.132 e. The summed E-state index contributed by atoms with van der Waals surface area (Å²) in [5.74, 6) is 0.898. The van der Waals surface area contributed by atoms with E-state index in [-0.39, 0.29) is 5.38 Å². The lowest BCUT2D eigenvalue weighted by atomic mass is 10.1. The number of halogens is 1. The van der Waals surface area contributed by atoms with Crippen molar-refractivity contribution in [2.24, 2.45) is 0 Å². The van der Waals surface area contributed by atoms with Gasteiger partial charge in [0.05, 0.1) is 22.1 Å². The second-order valence-electron chi connectivity index (χ2n) is 5.65. The van der Waals surface area contributed by atoms with Crippen LogP contribution in [0.2, 0.25) is 0 Å². The summed E-state index contributed by atoms with van der Waals surface area (Å²) in [5.41, 5.74) is 6.94. The zero-order valence-corrected chi connectivity index (χ0v) is 13.6. The summed E-state index contributed by atoms with van der Waals surface area (Å²) in [6.07, 6.45) is 0. The molecule has 0 aliphatic carbocycles. The minimum Gasteiger partial charge on any atom is -0.295 e. The Labute approximate surface area is 130 Å². The monoisotopic (exact) mass is 298 g/mol. The standard InChI is InChI=1S/C18H19ClN2/c1-11-8-9-12(2)16(10-11)21-15-7-5-6-13(3)17(15)20-18(21)14(4)19/h5-10,14H,1-4H3. The Balaban J connectivity index is 2.42. The Morgan fingerprint density at radius 1 is 1.05 bits per heavy atom. The number of rotatable bonds is 2. The minimum atomic E-state index is -0.142. The Morgan fingerprint density at radius 3 is 2.52 bits per heavy atom. The van der Waals surface area contributed by atoms with Gasteiger partial charge in [-0.2, -0.15) is 0 Å². The number of hydrogen-bond acceptors (Lipinski definition) is 1. The Kier molecular flexibility index (Phi) is 3.50. The normalized spacial score (nSPS) is 12.8. The van der Waals surface area contributed by atoms with E-state index in [9.17, 15) is 0 Å². The van der Waals surface area contributed by atoms with Crippen molar-refractivity contribution in [3.63, 3.8) is 0 Å². The van der Waals surface area contributed by atoms with Crippen molar-refractivity contribution in [2.75, 3.05) is 0 Å². The summed E-state index contributed by atoms with van der Waals surface area (Å²) >= 11 is 6.39. The van der Waals surface area contributed by atoms with Crippen LogP contribution >= 0.6 is 11.6 Å². The number of nitrogens with zero attached hydrogens (tertiary/aromatic N) is 2. The molecular weight excluding hydrogens is 280 g/mol. The molecule has 1 heterocycles. The number of imidazole rings is 1. The summed E-state index contributed by atoms with van der Waals surface area (Å²) < 4.78 is 2.20. The highest BCUT2D eigenvalue weighted by Gasteiger charge is 2.18. The Hall–Kier alpha value is -1.80. The van der Waals surface area contributed by atoms with E-state index >= 15 is 0 Å². The maximum atomic E-state index is 6.39. The smallest absolute Gasteiger partial charge is 0.132 e. The predicted octanol–water partition coefficient (Wildman–Crippen LogP) is 5.25. The van der Waals surface area contributed by atoms with Crippen molar-refractivity contribution >= 4 is 22.6 Å². The molecule has 1 unspecified atom stereocenters. The molecule has 2 nitrogen and oxygen atoms in total. The number of aryl methyl sites for hydroxylation is 3. The molecule has 0 saturated heterocycles. The quantitative estimate of drug-likeness (QED) is 0.591. The molecule has 21 heavy (non-hydrogen) atoms. The Bertz CT molecular complexity index is 815. The molecule has 0 radical (unpaired) electrons.